The number of aliphatic imine (C=N–C) groups is 1. The van der Waals surface area contributed by atoms with Crippen LogP contribution in [0.3, 0.4) is 0 Å². The van der Waals surface area contributed by atoms with Gasteiger partial charge in [0.2, 0.25) is 0 Å². The lowest BCUT2D eigenvalue weighted by molar-refractivity contribution is 0.0601. The van der Waals surface area contributed by atoms with Crippen LogP contribution in [0, 0.1) is 5.92 Å². The Morgan fingerprint density at radius 1 is 1.47 bits per heavy atom. The average molecular weight is 233 g/mol. The van der Waals surface area contributed by atoms with E-state index < -0.39 is 0 Å². The van der Waals surface area contributed by atoms with Gasteiger partial charge < -0.3 is 4.74 Å². The number of carbonyl (C=O) groups excluding carboxylic acids is 1. The van der Waals surface area contributed by atoms with E-state index >= 15 is 0 Å². The van der Waals surface area contributed by atoms with E-state index in [4.69, 9.17) is 4.74 Å². The minimum Gasteiger partial charge on any atom is -0.465 e. The van der Waals surface area contributed by atoms with Crippen molar-refractivity contribution in [1.82, 2.24) is 0 Å². The average Bonchev–Trinajstić information content (AvgIpc) is 2.36. The first-order valence-electron chi connectivity index (χ1n) is 5.90. The monoisotopic (exact) mass is 233 g/mol. The quantitative estimate of drug-likeness (QED) is 0.575. The number of methoxy groups -OCH3 is 1. The minimum absolute atomic E-state index is 0.346. The highest BCUT2D eigenvalue weighted by Gasteiger charge is 2.09. The Labute approximate surface area is 103 Å². The molecule has 0 heterocycles. The molecule has 1 aromatic carbocycles. The van der Waals surface area contributed by atoms with Gasteiger partial charge in [0.15, 0.2) is 0 Å². The van der Waals surface area contributed by atoms with Crippen LogP contribution in [0.4, 0.5) is 5.69 Å². The number of nitrogens with zero attached hydrogens (tertiary/aromatic N) is 1. The zero-order chi connectivity index (χ0) is 12.7. The number of hydrogen-bond donors (Lipinski definition) is 0. The van der Waals surface area contributed by atoms with E-state index in [1.165, 1.54) is 7.11 Å². The maximum atomic E-state index is 11.5. The second-order valence-corrected chi connectivity index (χ2v) is 4.05. The summed E-state index contributed by atoms with van der Waals surface area (Å²) in [6.45, 7) is 4.26. The number of benzene rings is 1. The van der Waals surface area contributed by atoms with Crippen LogP contribution in [0.2, 0.25) is 0 Å². The summed E-state index contributed by atoms with van der Waals surface area (Å²) in [5, 5.41) is 0. The predicted molar refractivity (Wildman–Crippen MR) is 70.0 cm³/mol. The van der Waals surface area contributed by atoms with Crippen molar-refractivity contribution in [3.8, 4) is 0 Å². The van der Waals surface area contributed by atoms with Crippen molar-refractivity contribution in [2.24, 2.45) is 10.9 Å². The number of hydrogen-bond acceptors (Lipinski definition) is 3. The summed E-state index contributed by atoms with van der Waals surface area (Å²) in [6, 6.07) is 7.22. The molecule has 0 aliphatic carbocycles. The zero-order valence-corrected chi connectivity index (χ0v) is 10.6. The number of carbonyl (C=O) groups is 1. The molecule has 3 nitrogen and oxygen atoms in total. The molecule has 0 radical (unpaired) electrons. The summed E-state index contributed by atoms with van der Waals surface area (Å²) in [4.78, 5) is 15.9. The molecule has 3 heteroatoms. The van der Waals surface area contributed by atoms with Gasteiger partial charge in [0, 0.05) is 6.21 Å². The molecule has 1 rings (SSSR count). The minimum atomic E-state index is -0.346. The SMILES string of the molecule is CCC[C@H](C)C=Nc1ccccc1C(=O)OC. The molecule has 0 saturated carbocycles. The van der Waals surface area contributed by atoms with Crippen LogP contribution in [0.5, 0.6) is 0 Å². The van der Waals surface area contributed by atoms with Crippen LogP contribution in [-0.2, 0) is 4.74 Å². The van der Waals surface area contributed by atoms with Gasteiger partial charge in [-0.2, -0.15) is 0 Å². The maximum absolute atomic E-state index is 11.5. The van der Waals surface area contributed by atoms with Crippen molar-refractivity contribution in [3.63, 3.8) is 0 Å². The normalized spacial score (nSPS) is 12.6. The fourth-order valence-electron chi connectivity index (χ4n) is 1.61. The third-order valence-corrected chi connectivity index (χ3v) is 2.52. The van der Waals surface area contributed by atoms with Gasteiger partial charge in [-0.05, 0) is 24.5 Å². The van der Waals surface area contributed by atoms with E-state index in [2.05, 4.69) is 18.8 Å². The molecule has 0 N–H and O–H groups in total. The second-order valence-electron chi connectivity index (χ2n) is 4.05. The van der Waals surface area contributed by atoms with Crippen molar-refractivity contribution >= 4 is 17.9 Å². The van der Waals surface area contributed by atoms with E-state index in [1.54, 1.807) is 12.1 Å². The van der Waals surface area contributed by atoms with E-state index in [-0.39, 0.29) is 5.97 Å². The zero-order valence-electron chi connectivity index (χ0n) is 10.6. The number of rotatable bonds is 5. The smallest absolute Gasteiger partial charge is 0.340 e. The van der Waals surface area contributed by atoms with E-state index in [0.717, 1.165) is 12.8 Å². The third kappa shape index (κ3) is 4.02. The van der Waals surface area contributed by atoms with Crippen LogP contribution < -0.4 is 0 Å². The van der Waals surface area contributed by atoms with Gasteiger partial charge >= 0.3 is 5.97 Å². The number of ether oxygens (including phenoxy) is 1. The number of para-hydroxylation sites is 1. The summed E-state index contributed by atoms with van der Waals surface area (Å²) in [7, 11) is 1.38. The molecular formula is C14H19NO2. The fraction of sp³-hybridized carbons (Fsp3) is 0.429. The van der Waals surface area contributed by atoms with Gasteiger partial charge in [0.1, 0.15) is 0 Å². The van der Waals surface area contributed by atoms with E-state index in [1.807, 2.05) is 18.3 Å². The Hall–Kier alpha value is -1.64. The first kappa shape index (κ1) is 13.4. The van der Waals surface area contributed by atoms with Crippen LogP contribution >= 0.6 is 0 Å². The Morgan fingerprint density at radius 2 is 2.18 bits per heavy atom. The molecule has 17 heavy (non-hydrogen) atoms. The molecule has 1 atom stereocenters. The summed E-state index contributed by atoms with van der Waals surface area (Å²) < 4.78 is 4.72. The first-order valence-corrected chi connectivity index (χ1v) is 5.90. The lowest BCUT2D eigenvalue weighted by atomic mass is 10.1. The van der Waals surface area contributed by atoms with Crippen LogP contribution in [0.1, 0.15) is 37.0 Å². The lowest BCUT2D eigenvalue weighted by Crippen LogP contribution is -2.01. The van der Waals surface area contributed by atoms with Gasteiger partial charge in [-0.3, -0.25) is 4.99 Å². The third-order valence-electron chi connectivity index (χ3n) is 2.52. The molecule has 0 amide bonds. The van der Waals surface area contributed by atoms with Crippen LogP contribution in [0.25, 0.3) is 0 Å². The topological polar surface area (TPSA) is 38.7 Å². The predicted octanol–water partition coefficient (Wildman–Crippen LogP) is 3.61. The van der Waals surface area contributed by atoms with Crippen LogP contribution in [-0.4, -0.2) is 19.3 Å². The van der Waals surface area contributed by atoms with Gasteiger partial charge in [-0.25, -0.2) is 4.79 Å². The summed E-state index contributed by atoms with van der Waals surface area (Å²) in [5.74, 6) is 0.0756. The van der Waals surface area contributed by atoms with Gasteiger partial charge in [-0.1, -0.05) is 32.4 Å². The lowest BCUT2D eigenvalue weighted by Gasteiger charge is -2.05. The molecule has 0 aliphatic heterocycles. The highest BCUT2D eigenvalue weighted by Crippen LogP contribution is 2.19. The van der Waals surface area contributed by atoms with Crippen molar-refractivity contribution in [2.75, 3.05) is 7.11 Å². The Bertz CT molecular complexity index is 399. The molecule has 0 fully saturated rings. The van der Waals surface area contributed by atoms with Gasteiger partial charge in [0.05, 0.1) is 18.4 Å². The second kappa shape index (κ2) is 6.84. The van der Waals surface area contributed by atoms with Gasteiger partial charge in [-0.15, -0.1) is 0 Å². The molecular weight excluding hydrogens is 214 g/mol. The highest BCUT2D eigenvalue weighted by atomic mass is 16.5. The number of esters is 1. The molecule has 92 valence electrons. The standard InChI is InChI=1S/C14H19NO2/c1-4-7-11(2)10-15-13-9-6-5-8-12(13)14(16)17-3/h5-6,8-11H,4,7H2,1-3H3/t11-/m0/s1. The Morgan fingerprint density at radius 3 is 2.82 bits per heavy atom. The Kier molecular flexibility index (Phi) is 5.40. The van der Waals surface area contributed by atoms with Crippen molar-refractivity contribution in [1.29, 1.82) is 0 Å². The molecule has 0 aliphatic rings. The maximum Gasteiger partial charge on any atom is 0.340 e. The van der Waals surface area contributed by atoms with E-state index in [0.29, 0.717) is 17.2 Å². The van der Waals surface area contributed by atoms with Gasteiger partial charge in [0.25, 0.3) is 0 Å². The molecule has 0 aromatic heterocycles. The van der Waals surface area contributed by atoms with Crippen molar-refractivity contribution in [3.05, 3.63) is 29.8 Å². The fourth-order valence-corrected chi connectivity index (χ4v) is 1.61. The van der Waals surface area contributed by atoms with E-state index in [9.17, 15) is 4.79 Å². The molecule has 0 saturated heterocycles. The molecule has 0 unspecified atom stereocenters. The summed E-state index contributed by atoms with van der Waals surface area (Å²) >= 11 is 0. The van der Waals surface area contributed by atoms with Crippen molar-refractivity contribution < 1.29 is 9.53 Å². The van der Waals surface area contributed by atoms with Crippen molar-refractivity contribution in [2.45, 2.75) is 26.7 Å². The molecule has 1 aromatic rings. The largest absolute Gasteiger partial charge is 0.465 e. The highest BCUT2D eigenvalue weighted by molar-refractivity contribution is 5.95. The van der Waals surface area contributed by atoms with Crippen LogP contribution in [0.15, 0.2) is 29.3 Å². The summed E-state index contributed by atoms with van der Waals surface area (Å²) in [5.41, 5.74) is 1.18. The Balaban J connectivity index is 2.87. The first-order chi connectivity index (χ1) is 8.19. The molecule has 0 bridgehead atoms. The summed E-state index contributed by atoms with van der Waals surface area (Å²) in [6.07, 6.45) is 4.13. The molecule has 0 spiro atoms.